The van der Waals surface area contributed by atoms with Gasteiger partial charge >= 0.3 is 0 Å². The fourth-order valence-electron chi connectivity index (χ4n) is 3.73. The maximum absolute atomic E-state index is 12.6. The second kappa shape index (κ2) is 11.3. The van der Waals surface area contributed by atoms with Gasteiger partial charge in [0.2, 0.25) is 17.5 Å². The number of rotatable bonds is 8. The van der Waals surface area contributed by atoms with Crippen LogP contribution in [-0.2, 0) is 4.79 Å². The summed E-state index contributed by atoms with van der Waals surface area (Å²) in [5, 5.41) is 9.55. The molecular formula is C27H28N4O4. The molecule has 8 nitrogen and oxygen atoms in total. The number of piperazine rings is 1. The van der Waals surface area contributed by atoms with Crippen LogP contribution in [0.1, 0.15) is 29.6 Å². The Labute approximate surface area is 205 Å². The van der Waals surface area contributed by atoms with Crippen LogP contribution in [0.2, 0.25) is 0 Å². The number of hydrogen-bond donors (Lipinski definition) is 0. The summed E-state index contributed by atoms with van der Waals surface area (Å²) in [5.74, 6) is 2.21. The Morgan fingerprint density at radius 3 is 2.34 bits per heavy atom. The molecule has 1 aliphatic heterocycles. The zero-order valence-corrected chi connectivity index (χ0v) is 19.9. The van der Waals surface area contributed by atoms with E-state index >= 15 is 0 Å². The first-order valence-corrected chi connectivity index (χ1v) is 11.6. The van der Waals surface area contributed by atoms with E-state index in [2.05, 4.69) is 11.1 Å². The van der Waals surface area contributed by atoms with Gasteiger partial charge in [0.05, 0.1) is 6.61 Å². The molecule has 0 N–H and O–H groups in total. The highest BCUT2D eigenvalue weighted by Gasteiger charge is 2.26. The Bertz CT molecular complexity index is 1200. The number of aryl methyl sites for hydroxylation is 1. The summed E-state index contributed by atoms with van der Waals surface area (Å²) >= 11 is 0. The minimum Gasteiger partial charge on any atom is -0.494 e. The number of aromatic nitrogens is 1. The highest BCUT2D eigenvalue weighted by molar-refractivity contribution is 5.78. The minimum absolute atomic E-state index is 0.00466. The van der Waals surface area contributed by atoms with Crippen LogP contribution >= 0.6 is 0 Å². The van der Waals surface area contributed by atoms with Gasteiger partial charge in [-0.2, -0.15) is 10.2 Å². The Kier molecular flexibility index (Phi) is 7.68. The molecule has 35 heavy (non-hydrogen) atoms. The molecule has 0 aliphatic carbocycles. The summed E-state index contributed by atoms with van der Waals surface area (Å²) in [7, 11) is 0. The Morgan fingerprint density at radius 2 is 1.69 bits per heavy atom. The van der Waals surface area contributed by atoms with E-state index in [0.29, 0.717) is 50.3 Å². The molecule has 4 rings (SSSR count). The predicted octanol–water partition coefficient (Wildman–Crippen LogP) is 4.15. The number of oxazole rings is 1. The molecule has 2 aromatic carbocycles. The van der Waals surface area contributed by atoms with Crippen molar-refractivity contribution >= 4 is 23.9 Å². The second-order valence-corrected chi connectivity index (χ2v) is 8.12. The van der Waals surface area contributed by atoms with Gasteiger partial charge in [-0.15, -0.1) is 0 Å². The van der Waals surface area contributed by atoms with Crippen molar-refractivity contribution in [2.75, 3.05) is 44.3 Å². The molecule has 180 valence electrons. The van der Waals surface area contributed by atoms with Gasteiger partial charge in [0.25, 0.3) is 5.91 Å². The molecule has 0 saturated carbocycles. The number of amides is 1. The van der Waals surface area contributed by atoms with Gasteiger partial charge in [0.1, 0.15) is 17.6 Å². The van der Waals surface area contributed by atoms with Crippen LogP contribution in [0.5, 0.6) is 11.5 Å². The maximum atomic E-state index is 12.6. The first kappa shape index (κ1) is 23.9. The molecule has 1 aromatic heterocycles. The van der Waals surface area contributed by atoms with Gasteiger partial charge in [-0.1, -0.05) is 29.8 Å². The lowest BCUT2D eigenvalue weighted by Crippen LogP contribution is -2.50. The van der Waals surface area contributed by atoms with Gasteiger partial charge in [-0.05, 0) is 49.8 Å². The molecule has 1 amide bonds. The Balaban J connectivity index is 1.33. The number of nitrogens with zero attached hydrogens (tertiary/aromatic N) is 4. The van der Waals surface area contributed by atoms with Crippen molar-refractivity contribution in [1.29, 1.82) is 5.26 Å². The van der Waals surface area contributed by atoms with Crippen molar-refractivity contribution in [1.82, 2.24) is 9.88 Å². The molecule has 1 fully saturated rings. The van der Waals surface area contributed by atoms with Crippen LogP contribution in [0, 0.1) is 18.3 Å². The topological polar surface area (TPSA) is 91.8 Å². The Hall–Kier alpha value is -4.25. The number of ether oxygens (including phenoxy) is 2. The van der Waals surface area contributed by atoms with Crippen LogP contribution in [-0.4, -0.2) is 55.2 Å². The highest BCUT2D eigenvalue weighted by Crippen LogP contribution is 2.24. The summed E-state index contributed by atoms with van der Waals surface area (Å²) in [4.78, 5) is 20.6. The second-order valence-electron chi connectivity index (χ2n) is 8.12. The van der Waals surface area contributed by atoms with Crippen LogP contribution in [0.25, 0.3) is 12.2 Å². The molecule has 0 unspecified atom stereocenters. The van der Waals surface area contributed by atoms with E-state index in [9.17, 15) is 10.1 Å². The van der Waals surface area contributed by atoms with Gasteiger partial charge in [0.15, 0.2) is 6.61 Å². The van der Waals surface area contributed by atoms with Crippen LogP contribution in [0.3, 0.4) is 0 Å². The summed E-state index contributed by atoms with van der Waals surface area (Å²) in [5.41, 5.74) is 2.34. The molecule has 0 atom stereocenters. The third-order valence-electron chi connectivity index (χ3n) is 5.64. The van der Waals surface area contributed by atoms with E-state index in [1.807, 2.05) is 73.4 Å². The molecule has 0 radical (unpaired) electrons. The van der Waals surface area contributed by atoms with Crippen LogP contribution < -0.4 is 14.4 Å². The average molecular weight is 473 g/mol. The van der Waals surface area contributed by atoms with E-state index in [-0.39, 0.29) is 18.2 Å². The smallest absolute Gasteiger partial charge is 0.260 e. The summed E-state index contributed by atoms with van der Waals surface area (Å²) in [6.07, 6.45) is 3.61. The quantitative estimate of drug-likeness (QED) is 0.486. The summed E-state index contributed by atoms with van der Waals surface area (Å²) < 4.78 is 17.0. The molecule has 1 saturated heterocycles. The normalized spacial score (nSPS) is 13.6. The van der Waals surface area contributed by atoms with E-state index < -0.39 is 0 Å². The summed E-state index contributed by atoms with van der Waals surface area (Å²) in [6, 6.07) is 17.4. The zero-order valence-electron chi connectivity index (χ0n) is 19.9. The maximum Gasteiger partial charge on any atom is 0.260 e. The van der Waals surface area contributed by atoms with Gasteiger partial charge in [0, 0.05) is 32.3 Å². The van der Waals surface area contributed by atoms with Crippen molar-refractivity contribution in [3.05, 3.63) is 71.2 Å². The van der Waals surface area contributed by atoms with Crippen molar-refractivity contribution in [2.45, 2.75) is 13.8 Å². The number of carbonyl (C=O) groups is 1. The number of nitriles is 1. The number of hydrogen-bond acceptors (Lipinski definition) is 7. The largest absolute Gasteiger partial charge is 0.494 e. The molecule has 0 bridgehead atoms. The third-order valence-corrected chi connectivity index (χ3v) is 5.64. The summed E-state index contributed by atoms with van der Waals surface area (Å²) in [6.45, 7) is 6.67. The SMILES string of the molecule is CCOc1ccc(/C=C/c2nc(C#N)c(N3CCN(C(=O)COc4ccc(C)cc4)CC3)o2)cc1. The van der Waals surface area contributed by atoms with Crippen molar-refractivity contribution in [3.63, 3.8) is 0 Å². The molecule has 2 heterocycles. The van der Waals surface area contributed by atoms with Gasteiger partial charge in [-0.25, -0.2) is 0 Å². The lowest BCUT2D eigenvalue weighted by molar-refractivity contribution is -0.133. The standard InChI is InChI=1S/C27H28N4O4/c1-3-33-22-11-6-21(7-12-22)8-13-25-29-24(18-28)27(35-25)31-16-14-30(15-17-31)26(32)19-34-23-9-4-20(2)5-10-23/h4-13H,3,14-17,19H2,1-2H3/b13-8+. The molecule has 3 aromatic rings. The predicted molar refractivity (Wildman–Crippen MR) is 133 cm³/mol. The Morgan fingerprint density at radius 1 is 1.03 bits per heavy atom. The van der Waals surface area contributed by atoms with E-state index in [1.54, 1.807) is 11.0 Å². The van der Waals surface area contributed by atoms with Crippen molar-refractivity contribution in [3.8, 4) is 17.6 Å². The third kappa shape index (κ3) is 6.21. The lowest BCUT2D eigenvalue weighted by atomic mass is 10.2. The van der Waals surface area contributed by atoms with E-state index in [1.165, 1.54) is 0 Å². The molecule has 0 spiro atoms. The van der Waals surface area contributed by atoms with E-state index in [4.69, 9.17) is 13.9 Å². The fraction of sp³-hybridized carbons (Fsp3) is 0.296. The van der Waals surface area contributed by atoms with Gasteiger partial charge < -0.3 is 23.7 Å². The lowest BCUT2D eigenvalue weighted by Gasteiger charge is -2.34. The molecule has 1 aliphatic rings. The highest BCUT2D eigenvalue weighted by atomic mass is 16.5. The zero-order chi connectivity index (χ0) is 24.6. The number of benzene rings is 2. The first-order chi connectivity index (χ1) is 17.1. The van der Waals surface area contributed by atoms with Crippen LogP contribution in [0.15, 0.2) is 52.9 Å². The minimum atomic E-state index is -0.0673. The monoisotopic (exact) mass is 472 g/mol. The van der Waals surface area contributed by atoms with Crippen molar-refractivity contribution in [2.24, 2.45) is 0 Å². The average Bonchev–Trinajstić information content (AvgIpc) is 3.31. The molecule has 8 heteroatoms. The van der Waals surface area contributed by atoms with Crippen LogP contribution in [0.4, 0.5) is 5.88 Å². The van der Waals surface area contributed by atoms with E-state index in [0.717, 1.165) is 16.9 Å². The number of carbonyl (C=O) groups excluding carboxylic acids is 1. The first-order valence-electron chi connectivity index (χ1n) is 11.6. The fourth-order valence-corrected chi connectivity index (χ4v) is 3.73. The number of anilines is 1. The van der Waals surface area contributed by atoms with Gasteiger partial charge in [-0.3, -0.25) is 4.79 Å². The molecular weight excluding hydrogens is 444 g/mol. The van der Waals surface area contributed by atoms with Crippen molar-refractivity contribution < 1.29 is 18.7 Å².